The Morgan fingerprint density at radius 1 is 0.946 bits per heavy atom. The van der Waals surface area contributed by atoms with Gasteiger partial charge >= 0.3 is 5.97 Å². The van der Waals surface area contributed by atoms with Crippen LogP contribution in [0, 0.1) is 13.8 Å². The number of fused-ring (bicyclic) bond motifs is 1. The molecule has 0 bridgehead atoms. The van der Waals surface area contributed by atoms with Crippen LogP contribution in [0.15, 0.2) is 60.2 Å². The highest BCUT2D eigenvalue weighted by atomic mass is 16.7. The summed E-state index contributed by atoms with van der Waals surface area (Å²) in [5.74, 6) is 0.0499. The summed E-state index contributed by atoms with van der Waals surface area (Å²) in [4.78, 5) is 13.4. The van der Waals surface area contributed by atoms with E-state index >= 15 is 0 Å². The summed E-state index contributed by atoms with van der Waals surface area (Å²) < 4.78 is 28.0. The summed E-state index contributed by atoms with van der Waals surface area (Å²) in [5.41, 5.74) is 4.45. The first kappa shape index (κ1) is 24.7. The largest absolute Gasteiger partial charge is 0.496 e. The molecule has 0 spiro atoms. The number of methoxy groups -OCH3 is 1. The minimum atomic E-state index is -1.96. The Balaban J connectivity index is 1.64. The van der Waals surface area contributed by atoms with Crippen molar-refractivity contribution >= 4 is 11.5 Å². The Labute approximate surface area is 216 Å². The van der Waals surface area contributed by atoms with E-state index in [4.69, 9.17) is 23.7 Å². The Hall–Kier alpha value is -3.97. The van der Waals surface area contributed by atoms with E-state index in [1.807, 2.05) is 45.9 Å². The average Bonchev–Trinajstić information content (AvgIpc) is 3.42. The molecule has 37 heavy (non-hydrogen) atoms. The molecule has 0 saturated heterocycles. The van der Waals surface area contributed by atoms with Gasteiger partial charge in [0.25, 0.3) is 5.79 Å². The van der Waals surface area contributed by atoms with Gasteiger partial charge in [0.05, 0.1) is 18.8 Å². The summed E-state index contributed by atoms with van der Waals surface area (Å²) in [6.45, 7) is 7.93. The second-order valence-corrected chi connectivity index (χ2v) is 9.58. The number of rotatable bonds is 7. The van der Waals surface area contributed by atoms with Crippen molar-refractivity contribution in [3.8, 4) is 23.0 Å². The molecule has 0 radical (unpaired) electrons. The molecule has 0 fully saturated rings. The van der Waals surface area contributed by atoms with E-state index in [-0.39, 0.29) is 19.3 Å². The Kier molecular flexibility index (Phi) is 6.33. The van der Waals surface area contributed by atoms with Crippen molar-refractivity contribution < 1.29 is 33.6 Å². The van der Waals surface area contributed by atoms with Gasteiger partial charge in [0.15, 0.2) is 11.5 Å². The Morgan fingerprint density at radius 3 is 2.38 bits per heavy atom. The Morgan fingerprint density at radius 2 is 1.68 bits per heavy atom. The number of benzene rings is 3. The normalized spacial score (nSPS) is 18.4. The van der Waals surface area contributed by atoms with Crippen molar-refractivity contribution in [1.82, 2.24) is 0 Å². The van der Waals surface area contributed by atoms with Crippen molar-refractivity contribution in [3.05, 3.63) is 88.0 Å². The van der Waals surface area contributed by atoms with Crippen LogP contribution < -0.4 is 18.9 Å². The van der Waals surface area contributed by atoms with Gasteiger partial charge in [-0.05, 0) is 86.3 Å². The van der Waals surface area contributed by atoms with E-state index in [1.54, 1.807) is 43.5 Å². The van der Waals surface area contributed by atoms with Crippen molar-refractivity contribution in [1.29, 1.82) is 0 Å². The SMILES string of the molecule is COc1ccc(C2(O)OC(=O)C(c3ccc4c(c3)OCO4)=C2Cc2ccc(OC(C)C)c(C)c2)cc1C. The van der Waals surface area contributed by atoms with Crippen molar-refractivity contribution in [3.63, 3.8) is 0 Å². The first-order chi connectivity index (χ1) is 17.7. The minimum absolute atomic E-state index is 0.0501. The first-order valence-electron chi connectivity index (χ1n) is 12.2. The lowest BCUT2D eigenvalue weighted by molar-refractivity contribution is -0.185. The summed E-state index contributed by atoms with van der Waals surface area (Å²) >= 11 is 0. The lowest BCUT2D eigenvalue weighted by atomic mass is 9.87. The van der Waals surface area contributed by atoms with Crippen LogP contribution in [-0.4, -0.2) is 31.1 Å². The number of carbonyl (C=O) groups excluding carboxylic acids is 1. The molecule has 2 aliphatic heterocycles. The maximum absolute atomic E-state index is 13.4. The van der Waals surface area contributed by atoms with E-state index in [1.165, 1.54) is 0 Å². The van der Waals surface area contributed by atoms with Crippen LogP contribution in [0.1, 0.15) is 41.7 Å². The number of ether oxygens (including phenoxy) is 5. The molecule has 3 aromatic carbocycles. The molecule has 1 atom stereocenters. The van der Waals surface area contributed by atoms with Crippen LogP contribution in [-0.2, 0) is 21.7 Å². The van der Waals surface area contributed by atoms with Gasteiger partial charge in [0, 0.05) is 17.6 Å². The molecule has 0 amide bonds. The van der Waals surface area contributed by atoms with E-state index in [9.17, 15) is 9.90 Å². The van der Waals surface area contributed by atoms with Crippen molar-refractivity contribution in [2.75, 3.05) is 13.9 Å². The predicted molar refractivity (Wildman–Crippen MR) is 138 cm³/mol. The molecule has 7 nitrogen and oxygen atoms in total. The lowest BCUT2D eigenvalue weighted by Gasteiger charge is -2.26. The molecule has 0 aromatic heterocycles. The second kappa shape index (κ2) is 9.48. The van der Waals surface area contributed by atoms with Gasteiger partial charge in [-0.25, -0.2) is 4.79 Å². The molecule has 2 heterocycles. The molecule has 7 heteroatoms. The van der Waals surface area contributed by atoms with Gasteiger partial charge in [-0.2, -0.15) is 0 Å². The predicted octanol–water partition coefficient (Wildman–Crippen LogP) is 5.23. The molecular formula is C30H30O7. The zero-order valence-electron chi connectivity index (χ0n) is 21.6. The number of hydrogen-bond donors (Lipinski definition) is 1. The molecule has 1 unspecified atom stereocenters. The van der Waals surface area contributed by atoms with Gasteiger partial charge in [-0.15, -0.1) is 0 Å². The van der Waals surface area contributed by atoms with Gasteiger partial charge in [-0.3, -0.25) is 0 Å². The maximum atomic E-state index is 13.4. The smallest absolute Gasteiger partial charge is 0.342 e. The van der Waals surface area contributed by atoms with Crippen LogP contribution >= 0.6 is 0 Å². The fraction of sp³-hybridized carbons (Fsp3) is 0.300. The van der Waals surface area contributed by atoms with Crippen LogP contribution in [0.2, 0.25) is 0 Å². The zero-order chi connectivity index (χ0) is 26.3. The van der Waals surface area contributed by atoms with E-state index in [0.29, 0.717) is 39.5 Å². The van der Waals surface area contributed by atoms with Crippen LogP contribution in [0.3, 0.4) is 0 Å². The lowest BCUT2D eigenvalue weighted by Crippen LogP contribution is -2.30. The number of cyclic esters (lactones) is 1. The van der Waals surface area contributed by atoms with E-state index in [0.717, 1.165) is 22.4 Å². The molecule has 2 aliphatic rings. The number of aliphatic hydroxyl groups is 1. The number of hydrogen-bond acceptors (Lipinski definition) is 7. The Bertz CT molecular complexity index is 1410. The second-order valence-electron chi connectivity index (χ2n) is 9.58. The summed E-state index contributed by atoms with van der Waals surface area (Å²) in [6, 6.07) is 16.4. The standard InChI is InChI=1S/C30H30O7/c1-17(2)36-25-9-6-20(12-18(25)3)14-23-28(21-7-10-26-27(15-21)35-16-34-26)29(31)37-30(23,32)22-8-11-24(33-5)19(4)13-22/h6-13,15,17,32H,14,16H2,1-5H3. The molecule has 0 saturated carbocycles. The topological polar surface area (TPSA) is 83.5 Å². The summed E-state index contributed by atoms with van der Waals surface area (Å²) in [6.07, 6.45) is 0.328. The van der Waals surface area contributed by atoms with Gasteiger partial charge in [0.1, 0.15) is 11.5 Å². The highest BCUT2D eigenvalue weighted by Gasteiger charge is 2.48. The number of esters is 1. The summed E-state index contributed by atoms with van der Waals surface area (Å²) in [5, 5.41) is 12.0. The minimum Gasteiger partial charge on any atom is -0.496 e. The fourth-order valence-corrected chi connectivity index (χ4v) is 4.83. The highest BCUT2D eigenvalue weighted by molar-refractivity contribution is 6.20. The molecule has 3 aromatic rings. The van der Waals surface area contributed by atoms with Gasteiger partial charge in [0.2, 0.25) is 6.79 Å². The van der Waals surface area contributed by atoms with Crippen LogP contribution in [0.4, 0.5) is 0 Å². The van der Waals surface area contributed by atoms with E-state index in [2.05, 4.69) is 0 Å². The van der Waals surface area contributed by atoms with Crippen molar-refractivity contribution in [2.45, 2.75) is 46.0 Å². The van der Waals surface area contributed by atoms with Crippen LogP contribution in [0.5, 0.6) is 23.0 Å². The third-order valence-electron chi connectivity index (χ3n) is 6.59. The molecule has 1 N–H and O–H groups in total. The first-order valence-corrected chi connectivity index (χ1v) is 12.2. The average molecular weight is 503 g/mol. The zero-order valence-corrected chi connectivity index (χ0v) is 21.6. The van der Waals surface area contributed by atoms with E-state index < -0.39 is 11.8 Å². The van der Waals surface area contributed by atoms with Gasteiger partial charge in [-0.1, -0.05) is 18.2 Å². The number of carbonyl (C=O) groups is 1. The van der Waals surface area contributed by atoms with Crippen molar-refractivity contribution in [2.24, 2.45) is 0 Å². The number of aryl methyl sites for hydroxylation is 2. The third-order valence-corrected chi connectivity index (χ3v) is 6.59. The molecule has 192 valence electrons. The van der Waals surface area contributed by atoms with Gasteiger partial charge < -0.3 is 28.8 Å². The quantitative estimate of drug-likeness (QED) is 0.443. The monoisotopic (exact) mass is 502 g/mol. The van der Waals surface area contributed by atoms with Crippen LogP contribution in [0.25, 0.3) is 5.57 Å². The molecular weight excluding hydrogens is 472 g/mol. The molecule has 0 aliphatic carbocycles. The maximum Gasteiger partial charge on any atom is 0.342 e. The fourth-order valence-electron chi connectivity index (χ4n) is 4.83. The molecule has 5 rings (SSSR count). The third kappa shape index (κ3) is 4.51. The summed E-state index contributed by atoms with van der Waals surface area (Å²) in [7, 11) is 1.59. The highest BCUT2D eigenvalue weighted by Crippen LogP contribution is 2.47.